The van der Waals surface area contributed by atoms with Crippen LogP contribution in [0.15, 0.2) is 52.9 Å². The van der Waals surface area contributed by atoms with Crippen LogP contribution in [0, 0.1) is 5.92 Å². The van der Waals surface area contributed by atoms with Crippen LogP contribution in [0.25, 0.3) is 6.08 Å². The average Bonchev–Trinajstić information content (AvgIpc) is 2.87. The maximum Gasteiger partial charge on any atom is 0.410 e. The van der Waals surface area contributed by atoms with Crippen LogP contribution in [0.1, 0.15) is 98.6 Å². The Morgan fingerprint density at radius 1 is 1.16 bits per heavy atom. The lowest BCUT2D eigenvalue weighted by atomic mass is 9.75. The quantitative estimate of drug-likeness (QED) is 0.177. The van der Waals surface area contributed by atoms with E-state index in [4.69, 9.17) is 26.1 Å². The van der Waals surface area contributed by atoms with Gasteiger partial charge >= 0.3 is 6.09 Å². The van der Waals surface area contributed by atoms with Gasteiger partial charge in [0.05, 0.1) is 12.9 Å². The minimum absolute atomic E-state index is 0.0892. The van der Waals surface area contributed by atoms with Gasteiger partial charge in [0.25, 0.3) is 0 Å². The Bertz CT molecular complexity index is 977. The third kappa shape index (κ3) is 11.1. The van der Waals surface area contributed by atoms with Gasteiger partial charge in [0.2, 0.25) is 0 Å². The number of nitrogens with zero attached hydrogens (tertiary/aromatic N) is 2. The number of piperidine rings is 1. The smallest absolute Gasteiger partial charge is 0.410 e. The standard InChI is InChI=1S/C30H43ClN2O3.C2H6/c1-8-17-32-28(22(3)4)27(23-15-18-33(19-16-23)29(34)36-30(5,6)7)26-14-13-25(31)21-24(26)12-10-11-20-35-9-2;1-2/h10-14,17,20-21,23,27H,8-9,15-16,18-19H2,1-7H3;1-2H3/b12-10+,20-11+,32-17?;. The second kappa shape index (κ2) is 17.1. The third-order valence-corrected chi connectivity index (χ3v) is 6.23. The van der Waals surface area contributed by atoms with Crippen LogP contribution in [0.3, 0.4) is 0 Å². The molecule has 1 aliphatic rings. The van der Waals surface area contributed by atoms with E-state index in [0.717, 1.165) is 30.5 Å². The van der Waals surface area contributed by atoms with Crippen LogP contribution in [0.2, 0.25) is 5.02 Å². The molecule has 0 saturated carbocycles. The average molecular weight is 545 g/mol. The zero-order chi connectivity index (χ0) is 28.7. The van der Waals surface area contributed by atoms with Crippen molar-refractivity contribution in [2.24, 2.45) is 10.9 Å². The molecule has 38 heavy (non-hydrogen) atoms. The normalized spacial score (nSPS) is 15.5. The molecule has 5 nitrogen and oxygen atoms in total. The summed E-state index contributed by atoms with van der Waals surface area (Å²) in [7, 11) is 0. The molecule has 0 aliphatic carbocycles. The molecule has 1 unspecified atom stereocenters. The Labute approximate surface area is 236 Å². The van der Waals surface area contributed by atoms with Crippen molar-refractivity contribution in [3.63, 3.8) is 0 Å². The lowest BCUT2D eigenvalue weighted by Crippen LogP contribution is -2.42. The number of amides is 1. The number of likely N-dealkylation sites (tertiary alicyclic amines) is 1. The number of rotatable bonds is 9. The van der Waals surface area contributed by atoms with Crippen molar-refractivity contribution in [1.82, 2.24) is 4.90 Å². The maximum atomic E-state index is 12.7. The minimum Gasteiger partial charge on any atom is -0.501 e. The highest BCUT2D eigenvalue weighted by Gasteiger charge is 2.34. The van der Waals surface area contributed by atoms with Crippen LogP contribution in [-0.2, 0) is 9.47 Å². The second-order valence-corrected chi connectivity index (χ2v) is 10.7. The molecule has 0 spiro atoms. The number of benzene rings is 1. The van der Waals surface area contributed by atoms with Gasteiger partial charge in [-0.25, -0.2) is 4.79 Å². The van der Waals surface area contributed by atoms with Crippen molar-refractivity contribution in [3.05, 3.63) is 64.0 Å². The van der Waals surface area contributed by atoms with Crippen molar-refractivity contribution in [2.45, 2.75) is 93.1 Å². The number of allylic oxidation sites excluding steroid dienone is 4. The van der Waals surface area contributed by atoms with Gasteiger partial charge < -0.3 is 14.4 Å². The van der Waals surface area contributed by atoms with Crippen molar-refractivity contribution in [3.8, 4) is 0 Å². The number of hydrogen-bond donors (Lipinski definition) is 0. The van der Waals surface area contributed by atoms with E-state index < -0.39 is 5.60 Å². The Kier molecular flexibility index (Phi) is 15.1. The highest BCUT2D eigenvalue weighted by Crippen LogP contribution is 2.42. The summed E-state index contributed by atoms with van der Waals surface area (Å²) in [4.78, 5) is 19.4. The van der Waals surface area contributed by atoms with Crippen molar-refractivity contribution in [2.75, 3.05) is 19.7 Å². The lowest BCUT2D eigenvalue weighted by molar-refractivity contribution is 0.0178. The number of aliphatic imine (C=N–C) groups is 1. The maximum absolute atomic E-state index is 12.7. The summed E-state index contributed by atoms with van der Waals surface area (Å²) in [5, 5.41) is 0.696. The van der Waals surface area contributed by atoms with Gasteiger partial charge in [0.1, 0.15) is 5.60 Å². The van der Waals surface area contributed by atoms with Gasteiger partial charge in [-0.1, -0.05) is 56.2 Å². The SMILES string of the molecule is CC.CCC=NC(=C(C)C)C(c1ccc(Cl)cc1/C=C/C=C/OCC)C1CCN(C(=O)OC(C)(C)C)CC1. The molecular weight excluding hydrogens is 496 g/mol. The van der Waals surface area contributed by atoms with E-state index in [2.05, 4.69) is 32.9 Å². The number of halogens is 1. The molecule has 1 amide bonds. The second-order valence-electron chi connectivity index (χ2n) is 10.3. The number of carbonyl (C=O) groups is 1. The molecule has 1 atom stereocenters. The molecule has 2 rings (SSSR count). The molecule has 212 valence electrons. The van der Waals surface area contributed by atoms with Crippen molar-refractivity contribution < 1.29 is 14.3 Å². The first-order chi connectivity index (χ1) is 18.1. The van der Waals surface area contributed by atoms with E-state index in [1.807, 2.05) is 76.9 Å². The predicted octanol–water partition coefficient (Wildman–Crippen LogP) is 9.44. The fourth-order valence-corrected chi connectivity index (χ4v) is 4.59. The van der Waals surface area contributed by atoms with Gasteiger partial charge in [-0.15, -0.1) is 0 Å². The highest BCUT2D eigenvalue weighted by atomic mass is 35.5. The van der Waals surface area contributed by atoms with Crippen molar-refractivity contribution in [1.29, 1.82) is 0 Å². The van der Waals surface area contributed by atoms with Crippen LogP contribution in [-0.4, -0.2) is 42.5 Å². The van der Waals surface area contributed by atoms with E-state index in [1.54, 1.807) is 6.26 Å². The van der Waals surface area contributed by atoms with Crippen LogP contribution >= 0.6 is 11.6 Å². The molecule has 0 N–H and O–H groups in total. The summed E-state index contributed by atoms with van der Waals surface area (Å²) in [6, 6.07) is 6.10. The Hall–Kier alpha value is -2.53. The molecule has 1 aromatic rings. The summed E-state index contributed by atoms with van der Waals surface area (Å²) >= 11 is 6.43. The monoisotopic (exact) mass is 544 g/mol. The van der Waals surface area contributed by atoms with Gasteiger partial charge in [0.15, 0.2) is 0 Å². The molecule has 0 radical (unpaired) electrons. The Morgan fingerprint density at radius 2 is 1.82 bits per heavy atom. The van der Waals surface area contributed by atoms with E-state index in [9.17, 15) is 4.79 Å². The molecule has 1 aromatic carbocycles. The van der Waals surface area contributed by atoms with E-state index in [-0.39, 0.29) is 12.0 Å². The molecule has 1 saturated heterocycles. The summed E-state index contributed by atoms with van der Waals surface area (Å²) in [6.07, 6.45) is 12.0. The van der Waals surface area contributed by atoms with Gasteiger partial charge in [-0.05, 0) is 96.1 Å². The van der Waals surface area contributed by atoms with E-state index in [1.165, 1.54) is 11.1 Å². The highest BCUT2D eigenvalue weighted by molar-refractivity contribution is 6.30. The largest absolute Gasteiger partial charge is 0.501 e. The first-order valence-electron chi connectivity index (χ1n) is 14.0. The summed E-state index contributed by atoms with van der Waals surface area (Å²) in [6.45, 7) is 20.0. The molecule has 1 aliphatic heterocycles. The summed E-state index contributed by atoms with van der Waals surface area (Å²) in [5.41, 5.74) is 4.05. The minimum atomic E-state index is -0.498. The number of carbonyl (C=O) groups excluding carboxylic acids is 1. The topological polar surface area (TPSA) is 51.1 Å². The Morgan fingerprint density at radius 3 is 2.37 bits per heavy atom. The summed E-state index contributed by atoms with van der Waals surface area (Å²) in [5.74, 6) is 0.418. The fourth-order valence-electron chi connectivity index (χ4n) is 4.41. The van der Waals surface area contributed by atoms with Gasteiger partial charge in [0, 0.05) is 35.9 Å². The van der Waals surface area contributed by atoms with Crippen LogP contribution in [0.4, 0.5) is 4.79 Å². The molecule has 1 heterocycles. The molecule has 1 fully saturated rings. The first-order valence-corrected chi connectivity index (χ1v) is 14.4. The summed E-state index contributed by atoms with van der Waals surface area (Å²) < 4.78 is 10.9. The van der Waals surface area contributed by atoms with E-state index in [0.29, 0.717) is 30.6 Å². The van der Waals surface area contributed by atoms with Crippen LogP contribution < -0.4 is 0 Å². The first kappa shape index (κ1) is 33.5. The van der Waals surface area contributed by atoms with Gasteiger partial charge in [-0.3, -0.25) is 4.99 Å². The molecular formula is C32H49ClN2O3. The van der Waals surface area contributed by atoms with Crippen LogP contribution in [0.5, 0.6) is 0 Å². The number of ether oxygens (including phenoxy) is 2. The van der Waals surface area contributed by atoms with Crippen molar-refractivity contribution >= 4 is 30.0 Å². The molecule has 0 bridgehead atoms. The lowest BCUT2D eigenvalue weighted by Gasteiger charge is -2.38. The molecule has 0 aromatic heterocycles. The van der Waals surface area contributed by atoms with E-state index >= 15 is 0 Å². The zero-order valence-corrected chi connectivity index (χ0v) is 25.8. The number of hydrogen-bond acceptors (Lipinski definition) is 4. The fraction of sp³-hybridized carbons (Fsp3) is 0.562. The third-order valence-electron chi connectivity index (χ3n) is 5.99. The molecule has 6 heteroatoms. The van der Waals surface area contributed by atoms with Gasteiger partial charge in [-0.2, -0.15) is 0 Å². The Balaban J connectivity index is 0.00000352. The zero-order valence-electron chi connectivity index (χ0n) is 25.0. The predicted molar refractivity (Wildman–Crippen MR) is 163 cm³/mol.